The van der Waals surface area contributed by atoms with Crippen LogP contribution in [0.4, 0.5) is 0 Å². The smallest absolute Gasteiger partial charge is 0.243 e. The van der Waals surface area contributed by atoms with Gasteiger partial charge in [0, 0.05) is 11.0 Å². The number of sulfone groups is 2. The third kappa shape index (κ3) is 16.8. The van der Waals surface area contributed by atoms with Gasteiger partial charge in [0.05, 0.1) is 51.0 Å². The van der Waals surface area contributed by atoms with Crippen molar-refractivity contribution in [2.24, 2.45) is 28.8 Å². The summed E-state index contributed by atoms with van der Waals surface area (Å²) in [5, 5.41) is 32.2. The van der Waals surface area contributed by atoms with E-state index >= 15 is 0 Å². The summed E-state index contributed by atoms with van der Waals surface area (Å²) in [4.78, 5) is 62.3. The van der Waals surface area contributed by atoms with Gasteiger partial charge in [0.2, 0.25) is 23.6 Å². The number of benzene rings is 6. The van der Waals surface area contributed by atoms with Crippen molar-refractivity contribution < 1.29 is 41.1 Å². The number of fused-ring (bicyclic) bond motifs is 2. The van der Waals surface area contributed by atoms with E-state index < -0.39 is 124 Å². The molecule has 0 bridgehead atoms. The lowest BCUT2D eigenvalue weighted by Gasteiger charge is -2.36. The maximum atomic E-state index is 14.9. The fourth-order valence-corrected chi connectivity index (χ4v) is 12.6. The quantitative estimate of drug-likeness (QED) is 0.0197. The lowest BCUT2D eigenvalue weighted by Crippen LogP contribution is -2.61. The van der Waals surface area contributed by atoms with Crippen LogP contribution in [0, 0.1) is 23.7 Å². The number of amides is 4. The first-order chi connectivity index (χ1) is 38.6. The highest BCUT2D eigenvalue weighted by Gasteiger charge is 2.41. The molecule has 0 saturated carbocycles. The number of nitrogens with zero attached hydrogens (tertiary/aromatic N) is 3. The van der Waals surface area contributed by atoms with E-state index in [0.29, 0.717) is 11.1 Å². The molecule has 6 aromatic rings. The summed E-state index contributed by atoms with van der Waals surface area (Å²) in [6.45, 7) is 16.4. The molecule has 4 amide bonds. The van der Waals surface area contributed by atoms with Gasteiger partial charge in [0.1, 0.15) is 12.1 Å². The van der Waals surface area contributed by atoms with E-state index in [-0.39, 0.29) is 25.7 Å². The van der Waals surface area contributed by atoms with Gasteiger partial charge < -0.3 is 26.4 Å². The Morgan fingerprint density at radius 2 is 0.841 bits per heavy atom. The molecule has 0 unspecified atom stereocenters. The Balaban J connectivity index is 1.33. The number of nitrogens with one attached hydrogen (secondary N) is 4. The molecule has 8 atom stereocenters. The van der Waals surface area contributed by atoms with E-state index in [1.165, 1.54) is 0 Å². The second-order valence-corrected chi connectivity index (χ2v) is 29.7. The Hall–Kier alpha value is -7.11. The lowest BCUT2D eigenvalue weighted by molar-refractivity contribution is -0.133. The molecule has 0 aromatic heterocycles. The van der Waals surface area contributed by atoms with E-state index in [4.69, 9.17) is 0 Å². The van der Waals surface area contributed by atoms with Crippen LogP contribution < -0.4 is 21.3 Å². The number of carbonyl (C=O) groups excluding carboxylic acids is 4. The van der Waals surface area contributed by atoms with Crippen molar-refractivity contribution in [1.82, 2.24) is 21.3 Å². The van der Waals surface area contributed by atoms with Crippen molar-refractivity contribution in [2.75, 3.05) is 11.5 Å². The highest BCUT2D eigenvalue weighted by molar-refractivity contribution is 7.93. The molecule has 0 radical (unpaired) electrons. The zero-order valence-corrected chi connectivity index (χ0v) is 50.4. The molecule has 82 heavy (non-hydrogen) atoms. The van der Waals surface area contributed by atoms with Crippen LogP contribution in [0.25, 0.3) is 32.0 Å². The van der Waals surface area contributed by atoms with Crippen molar-refractivity contribution >= 4 is 64.8 Å². The van der Waals surface area contributed by atoms with Gasteiger partial charge >= 0.3 is 0 Å². The third-order valence-electron chi connectivity index (χ3n) is 15.2. The molecule has 0 spiro atoms. The molecular formula is C64H81N7O9S2. The van der Waals surface area contributed by atoms with Crippen LogP contribution in [0.1, 0.15) is 91.5 Å². The van der Waals surface area contributed by atoms with E-state index in [0.717, 1.165) is 32.7 Å². The van der Waals surface area contributed by atoms with Gasteiger partial charge in [-0.2, -0.15) is 0 Å². The molecule has 5 N–H and O–H groups in total. The molecule has 0 aliphatic carbocycles. The second kappa shape index (κ2) is 27.8. The number of carbonyl (C=O) groups is 4. The van der Waals surface area contributed by atoms with Gasteiger partial charge in [-0.1, -0.05) is 178 Å². The van der Waals surface area contributed by atoms with Gasteiger partial charge in [-0.25, -0.2) is 16.8 Å². The molecule has 6 aromatic carbocycles. The summed E-state index contributed by atoms with van der Waals surface area (Å²) in [5.41, 5.74) is 13.1. The number of rotatable bonds is 26. The number of aliphatic hydroxyl groups excluding tert-OH is 1. The first-order valence-corrected chi connectivity index (χ1v) is 31.3. The molecule has 0 aliphatic rings. The van der Waals surface area contributed by atoms with Gasteiger partial charge in [0.25, 0.3) is 0 Å². The minimum Gasteiger partial charge on any atom is -0.390 e. The van der Waals surface area contributed by atoms with Crippen molar-refractivity contribution in [1.29, 1.82) is 0 Å². The monoisotopic (exact) mass is 1160 g/mol. The number of aliphatic hydroxyl groups is 1. The summed E-state index contributed by atoms with van der Waals surface area (Å²) in [5.74, 6) is -7.06. The van der Waals surface area contributed by atoms with Crippen molar-refractivity contribution in [3.63, 3.8) is 0 Å². The Bertz CT molecular complexity index is 3440. The Morgan fingerprint density at radius 3 is 1.22 bits per heavy atom. The third-order valence-corrected chi connectivity index (χ3v) is 20.7. The van der Waals surface area contributed by atoms with Crippen LogP contribution in [-0.2, 0) is 64.5 Å². The van der Waals surface area contributed by atoms with Crippen LogP contribution in [0.2, 0.25) is 0 Å². The van der Waals surface area contributed by atoms with E-state index in [9.17, 15) is 46.7 Å². The van der Waals surface area contributed by atoms with Gasteiger partial charge in [-0.05, 0) is 128 Å². The average Bonchev–Trinajstić information content (AvgIpc) is 3.58. The highest BCUT2D eigenvalue weighted by atomic mass is 32.2. The van der Waals surface area contributed by atoms with Crippen molar-refractivity contribution in [3.8, 4) is 0 Å². The summed E-state index contributed by atoms with van der Waals surface area (Å²) in [7, 11) is -7.74. The largest absolute Gasteiger partial charge is 0.390 e. The van der Waals surface area contributed by atoms with Crippen molar-refractivity contribution in [2.45, 2.75) is 141 Å². The molecule has 0 saturated heterocycles. The standard InChI is InChI=1S/C64H81N7O9S2/c1-41(2)55(68-59(73)49(39-81(77,78)63(5,6)7)37-47-31-21-29-45-27-17-19-33-51(45)47)61(75)66-53(35-43-23-13-11-14-24-43)57(70-71-65)58(72)54(36-44-25-15-12-16-26-44)67-62(76)56(42(3)4)69-60(74)50(40-82(79,80)64(8,9)10)38-48-32-22-30-46-28-18-20-34-52(46)48/h11-34,41-42,49-50,53-58,72H,35-40H2,1-10H3,(H,66,75)(H,67,76)(H,68,73)(H,69,74)/t49-,50+,53-,54-,55-,56-,57-,58+/m0/s1. The Labute approximate surface area is 484 Å². The molecule has 16 nitrogen and oxygen atoms in total. The van der Waals surface area contributed by atoms with Crippen LogP contribution in [0.15, 0.2) is 151 Å². The highest BCUT2D eigenvalue weighted by Crippen LogP contribution is 2.29. The molecular weight excluding hydrogens is 1070 g/mol. The van der Waals surface area contributed by atoms with E-state index in [1.807, 2.05) is 84.9 Å². The minimum absolute atomic E-state index is 0.00582. The topological polar surface area (TPSA) is 254 Å². The summed E-state index contributed by atoms with van der Waals surface area (Å²) < 4.78 is 53.0. The zero-order valence-electron chi connectivity index (χ0n) is 48.7. The fraction of sp³-hybridized carbons (Fsp3) is 0.438. The predicted molar refractivity (Wildman–Crippen MR) is 326 cm³/mol. The van der Waals surface area contributed by atoms with Crippen LogP contribution >= 0.6 is 0 Å². The number of hydrogen-bond donors (Lipinski definition) is 5. The molecule has 438 valence electrons. The molecule has 0 aliphatic heterocycles. The molecule has 18 heteroatoms. The normalized spacial score (nSPS) is 15.3. The predicted octanol–water partition coefficient (Wildman–Crippen LogP) is 9.21. The van der Waals surface area contributed by atoms with Gasteiger partial charge in [-0.3, -0.25) is 19.2 Å². The van der Waals surface area contributed by atoms with E-state index in [1.54, 1.807) is 130 Å². The van der Waals surface area contributed by atoms with Crippen molar-refractivity contribution in [3.05, 3.63) is 178 Å². The SMILES string of the molecule is CC(C)[C@H](NC(=O)[C@H](Cc1cccc2ccccc12)CS(=O)(=O)C(C)(C)C)C(=O)N[C@@H](Cc1ccccc1)[C@@H](O)[C@@H](N=[N+]=[N-])[C@H](Cc1ccccc1)NC(=O)[C@@H](NC(=O)[C@@H](Cc1cccc2ccccc12)CS(=O)(=O)C(C)(C)C)C(C)C. The summed E-state index contributed by atoms with van der Waals surface area (Å²) in [6.07, 6.45) is -1.61. The maximum absolute atomic E-state index is 14.9. The zero-order chi connectivity index (χ0) is 60.2. The minimum atomic E-state index is -3.87. The van der Waals surface area contributed by atoms with Crippen LogP contribution in [0.5, 0.6) is 0 Å². The summed E-state index contributed by atoms with van der Waals surface area (Å²) >= 11 is 0. The number of azide groups is 1. The lowest BCUT2D eigenvalue weighted by atomic mass is 9.88. The summed E-state index contributed by atoms with van der Waals surface area (Å²) in [6, 6.07) is 38.1. The molecule has 0 fully saturated rings. The second-order valence-electron chi connectivity index (χ2n) is 24.1. The average molecular weight is 1160 g/mol. The molecule has 6 rings (SSSR count). The van der Waals surface area contributed by atoms with Gasteiger partial charge in [-0.15, -0.1) is 0 Å². The Kier molecular flexibility index (Phi) is 21.7. The van der Waals surface area contributed by atoms with E-state index in [2.05, 4.69) is 31.3 Å². The Morgan fingerprint density at radius 1 is 0.488 bits per heavy atom. The van der Waals surface area contributed by atoms with Crippen LogP contribution in [-0.4, -0.2) is 103 Å². The van der Waals surface area contributed by atoms with Gasteiger partial charge in [0.15, 0.2) is 19.7 Å². The molecule has 0 heterocycles. The first-order valence-electron chi connectivity index (χ1n) is 28.0. The maximum Gasteiger partial charge on any atom is 0.243 e. The number of hydrogen-bond acceptors (Lipinski definition) is 10. The first kappa shape index (κ1) is 64.1. The fourth-order valence-electron chi connectivity index (χ4n) is 10.0. The van der Waals surface area contributed by atoms with Crippen LogP contribution in [0.3, 0.4) is 0 Å².